The van der Waals surface area contributed by atoms with Gasteiger partial charge in [-0.25, -0.2) is 9.97 Å². The van der Waals surface area contributed by atoms with Crippen molar-refractivity contribution in [2.45, 2.75) is 45.3 Å². The predicted octanol–water partition coefficient (Wildman–Crippen LogP) is 3.06. The molecular formula is C30H37N9O2. The third-order valence-corrected chi connectivity index (χ3v) is 7.75. The van der Waals surface area contributed by atoms with Crippen molar-refractivity contribution in [1.29, 1.82) is 0 Å². The van der Waals surface area contributed by atoms with Crippen molar-refractivity contribution in [3.8, 4) is 22.5 Å². The summed E-state index contributed by atoms with van der Waals surface area (Å²) in [5, 5.41) is 22.9. The largest absolute Gasteiger partial charge is 0.389 e. The lowest BCUT2D eigenvalue weighted by atomic mass is 9.85. The maximum absolute atomic E-state index is 12.5. The van der Waals surface area contributed by atoms with Gasteiger partial charge in [-0.2, -0.15) is 10.2 Å². The van der Waals surface area contributed by atoms with Crippen LogP contribution < -0.4 is 5.32 Å². The Hall–Kier alpha value is -4.09. The van der Waals surface area contributed by atoms with E-state index in [0.717, 1.165) is 46.7 Å². The van der Waals surface area contributed by atoms with E-state index < -0.39 is 5.60 Å². The van der Waals surface area contributed by atoms with E-state index >= 15 is 0 Å². The number of piperazine rings is 1. The Morgan fingerprint density at radius 1 is 1.10 bits per heavy atom. The number of hydrogen-bond acceptors (Lipinski definition) is 8. The molecule has 1 amide bonds. The van der Waals surface area contributed by atoms with Gasteiger partial charge in [0.05, 0.1) is 35.8 Å². The SMILES string of the molecule is C[C@@H]1Cc2nn(C)c(-c3ccccc3)c2-c2nc(Nc3ccn(CCN4CCN(CC(C)(C)O)C(=O)C4)n3)ncc21. The molecule has 1 fully saturated rings. The van der Waals surface area contributed by atoms with Crippen molar-refractivity contribution in [3.05, 3.63) is 60.0 Å². The number of aromatic nitrogens is 6. The lowest BCUT2D eigenvalue weighted by Crippen LogP contribution is -2.54. The highest BCUT2D eigenvalue weighted by molar-refractivity contribution is 5.84. The van der Waals surface area contributed by atoms with E-state index in [1.165, 1.54) is 0 Å². The van der Waals surface area contributed by atoms with E-state index in [1.54, 1.807) is 18.7 Å². The summed E-state index contributed by atoms with van der Waals surface area (Å²) in [6.07, 6.45) is 4.69. The Morgan fingerprint density at radius 2 is 1.90 bits per heavy atom. The van der Waals surface area contributed by atoms with Gasteiger partial charge in [0.15, 0.2) is 5.82 Å². The first-order valence-corrected chi connectivity index (χ1v) is 14.2. The van der Waals surface area contributed by atoms with Gasteiger partial charge in [-0.15, -0.1) is 0 Å². The summed E-state index contributed by atoms with van der Waals surface area (Å²) in [4.78, 5) is 26.0. The van der Waals surface area contributed by atoms with Gasteiger partial charge in [0.2, 0.25) is 11.9 Å². The van der Waals surface area contributed by atoms with Gasteiger partial charge in [-0.05, 0) is 26.2 Å². The highest BCUT2D eigenvalue weighted by atomic mass is 16.3. The maximum atomic E-state index is 12.5. The van der Waals surface area contributed by atoms with Gasteiger partial charge in [-0.3, -0.25) is 19.1 Å². The van der Waals surface area contributed by atoms with Gasteiger partial charge < -0.3 is 15.3 Å². The highest BCUT2D eigenvalue weighted by Crippen LogP contribution is 2.43. The number of aliphatic hydroxyl groups is 1. The molecule has 0 bridgehead atoms. The minimum Gasteiger partial charge on any atom is -0.389 e. The van der Waals surface area contributed by atoms with Crippen LogP contribution in [0.25, 0.3) is 22.5 Å². The third kappa shape index (κ3) is 5.73. The number of nitrogens with one attached hydrogen (secondary N) is 1. The van der Waals surface area contributed by atoms with E-state index in [0.29, 0.717) is 44.5 Å². The van der Waals surface area contributed by atoms with Crippen molar-refractivity contribution in [2.75, 3.05) is 38.0 Å². The molecule has 0 unspecified atom stereocenters. The maximum Gasteiger partial charge on any atom is 0.236 e. The van der Waals surface area contributed by atoms with Crippen molar-refractivity contribution >= 4 is 17.7 Å². The van der Waals surface area contributed by atoms with Crippen LogP contribution in [-0.4, -0.2) is 88.7 Å². The zero-order valence-corrected chi connectivity index (χ0v) is 24.1. The zero-order valence-electron chi connectivity index (χ0n) is 24.1. The molecule has 3 aromatic heterocycles. The quantitative estimate of drug-likeness (QED) is 0.341. The molecule has 2 N–H and O–H groups in total. The summed E-state index contributed by atoms with van der Waals surface area (Å²) in [6, 6.07) is 12.2. The van der Waals surface area contributed by atoms with Crippen LogP contribution >= 0.6 is 0 Å². The minimum atomic E-state index is -0.888. The fourth-order valence-electron chi connectivity index (χ4n) is 5.80. The number of benzene rings is 1. The molecule has 6 rings (SSSR count). The molecule has 1 aromatic carbocycles. The molecule has 0 saturated carbocycles. The predicted molar refractivity (Wildman–Crippen MR) is 157 cm³/mol. The van der Waals surface area contributed by atoms with E-state index in [4.69, 9.17) is 10.1 Å². The minimum absolute atomic E-state index is 0.0484. The molecule has 1 saturated heterocycles. The number of β-amino-alcohol motifs (C(OH)–C–C–N with tert-alkyl or cyclic N) is 1. The van der Waals surface area contributed by atoms with Crippen molar-refractivity contribution in [1.82, 2.24) is 39.3 Å². The summed E-state index contributed by atoms with van der Waals surface area (Å²) in [7, 11) is 1.99. The van der Waals surface area contributed by atoms with Crippen molar-refractivity contribution in [2.24, 2.45) is 7.05 Å². The van der Waals surface area contributed by atoms with Gasteiger partial charge in [0.25, 0.3) is 0 Å². The third-order valence-electron chi connectivity index (χ3n) is 7.75. The summed E-state index contributed by atoms with van der Waals surface area (Å²) < 4.78 is 3.82. The number of rotatable bonds is 8. The average Bonchev–Trinajstić information content (AvgIpc) is 3.51. The van der Waals surface area contributed by atoms with E-state index in [2.05, 4.69) is 39.4 Å². The summed E-state index contributed by atoms with van der Waals surface area (Å²) in [6.45, 7) is 9.11. The Labute approximate surface area is 239 Å². The van der Waals surface area contributed by atoms with Crippen LogP contribution in [0.1, 0.15) is 37.9 Å². The monoisotopic (exact) mass is 555 g/mol. The fraction of sp³-hybridized carbons (Fsp3) is 0.433. The second-order valence-corrected chi connectivity index (χ2v) is 11.8. The number of hydrogen-bond donors (Lipinski definition) is 2. The van der Waals surface area contributed by atoms with E-state index in [9.17, 15) is 9.90 Å². The topological polar surface area (TPSA) is 117 Å². The molecule has 1 aliphatic carbocycles. The van der Waals surface area contributed by atoms with Crippen LogP contribution in [-0.2, 0) is 24.8 Å². The van der Waals surface area contributed by atoms with E-state index in [1.807, 2.05) is 53.1 Å². The summed E-state index contributed by atoms with van der Waals surface area (Å²) in [5.74, 6) is 1.47. The number of nitrogens with zero attached hydrogens (tertiary/aromatic N) is 8. The molecular weight excluding hydrogens is 518 g/mol. The molecule has 41 heavy (non-hydrogen) atoms. The van der Waals surface area contributed by atoms with Crippen LogP contribution in [0.5, 0.6) is 0 Å². The number of carbonyl (C=O) groups is 1. The molecule has 11 heteroatoms. The molecule has 4 heterocycles. The van der Waals surface area contributed by atoms with Crippen LogP contribution in [0.2, 0.25) is 0 Å². The summed E-state index contributed by atoms with van der Waals surface area (Å²) in [5.41, 5.74) is 5.44. The van der Waals surface area contributed by atoms with Crippen LogP contribution in [0, 0.1) is 0 Å². The molecule has 0 spiro atoms. The summed E-state index contributed by atoms with van der Waals surface area (Å²) >= 11 is 0. The molecule has 11 nitrogen and oxygen atoms in total. The van der Waals surface area contributed by atoms with Gasteiger partial charge in [-0.1, -0.05) is 37.3 Å². The molecule has 4 aromatic rings. The van der Waals surface area contributed by atoms with Crippen molar-refractivity contribution < 1.29 is 9.90 Å². The molecule has 2 aliphatic rings. The second kappa shape index (κ2) is 10.7. The Kier molecular flexibility index (Phi) is 7.08. The first kappa shape index (κ1) is 27.1. The highest BCUT2D eigenvalue weighted by Gasteiger charge is 2.31. The smallest absolute Gasteiger partial charge is 0.236 e. The number of carbonyl (C=O) groups excluding carboxylic acids is 1. The standard InChI is InChI=1S/C30H37N9O2/c1-20-16-23-26(28(36(4)34-23)21-8-6-5-7-9-21)27-22(20)17-31-29(33-27)32-24-10-11-39(35-24)15-13-37-12-14-38(25(40)18-37)19-30(2,3)41/h5-11,17,20,41H,12-16,18-19H2,1-4H3,(H,31,32,33,35)/t20-/m1/s1. The van der Waals surface area contributed by atoms with Crippen LogP contribution in [0.15, 0.2) is 48.8 Å². The number of aryl methyl sites for hydroxylation is 1. The first-order valence-electron chi connectivity index (χ1n) is 14.2. The number of amides is 1. The van der Waals surface area contributed by atoms with Gasteiger partial charge in [0, 0.05) is 68.4 Å². The molecule has 214 valence electrons. The Bertz CT molecular complexity index is 1550. The fourth-order valence-corrected chi connectivity index (χ4v) is 5.80. The lowest BCUT2D eigenvalue weighted by molar-refractivity contribution is -0.139. The molecule has 1 atom stereocenters. The van der Waals surface area contributed by atoms with Gasteiger partial charge in [0.1, 0.15) is 0 Å². The molecule has 0 radical (unpaired) electrons. The molecule has 1 aliphatic heterocycles. The normalized spacial score (nSPS) is 17.4. The first-order chi connectivity index (χ1) is 19.6. The van der Waals surface area contributed by atoms with Crippen LogP contribution in [0.4, 0.5) is 11.8 Å². The lowest BCUT2D eigenvalue weighted by Gasteiger charge is -2.37. The Balaban J connectivity index is 1.15. The second-order valence-electron chi connectivity index (χ2n) is 11.8. The van der Waals surface area contributed by atoms with Gasteiger partial charge >= 0.3 is 0 Å². The Morgan fingerprint density at radius 3 is 2.66 bits per heavy atom. The van der Waals surface area contributed by atoms with Crippen molar-refractivity contribution in [3.63, 3.8) is 0 Å². The number of fused-ring (bicyclic) bond motifs is 3. The zero-order chi connectivity index (χ0) is 28.7. The average molecular weight is 556 g/mol. The number of anilines is 2. The van der Waals surface area contributed by atoms with Crippen LogP contribution in [0.3, 0.4) is 0 Å². The van der Waals surface area contributed by atoms with E-state index in [-0.39, 0.29) is 11.8 Å².